The summed E-state index contributed by atoms with van der Waals surface area (Å²) in [5.41, 5.74) is 0. The van der Waals surface area contributed by atoms with Crippen molar-refractivity contribution in [3.63, 3.8) is 0 Å². The van der Waals surface area contributed by atoms with E-state index in [1.165, 1.54) is 4.90 Å². The first-order valence-corrected chi connectivity index (χ1v) is 4.83. The zero-order chi connectivity index (χ0) is 9.52. The maximum atomic E-state index is 5.04. The van der Waals surface area contributed by atoms with Crippen molar-refractivity contribution >= 4 is 11.8 Å². The molecule has 1 nitrogen and oxygen atoms in total. The van der Waals surface area contributed by atoms with Gasteiger partial charge in [0.25, 0.3) is 0 Å². The SMILES string of the molecule is C=C/C(=C/Sc1ccccc1)OC. The summed E-state index contributed by atoms with van der Waals surface area (Å²) in [4.78, 5) is 1.19. The normalized spacial score (nSPS) is 11.0. The third-order valence-corrected chi connectivity index (χ3v) is 2.39. The number of thioether (sulfide) groups is 1. The highest BCUT2D eigenvalue weighted by Crippen LogP contribution is 2.20. The van der Waals surface area contributed by atoms with Gasteiger partial charge in [0.1, 0.15) is 5.76 Å². The van der Waals surface area contributed by atoms with E-state index in [2.05, 4.69) is 18.7 Å². The van der Waals surface area contributed by atoms with E-state index in [9.17, 15) is 0 Å². The molecule has 0 aromatic heterocycles. The standard InChI is InChI=1S/C11H12OS/c1-3-10(12-2)9-13-11-7-5-4-6-8-11/h3-9H,1H2,2H3/b10-9-. The van der Waals surface area contributed by atoms with Gasteiger partial charge in [-0.25, -0.2) is 0 Å². The molecule has 0 atom stereocenters. The van der Waals surface area contributed by atoms with E-state index in [0.717, 1.165) is 5.76 Å². The smallest absolute Gasteiger partial charge is 0.124 e. The third kappa shape index (κ3) is 3.38. The van der Waals surface area contributed by atoms with E-state index in [1.54, 1.807) is 24.9 Å². The molecule has 1 rings (SSSR count). The second kappa shape index (κ2) is 5.49. The lowest BCUT2D eigenvalue weighted by atomic mass is 10.4. The Labute approximate surface area is 83.1 Å². The van der Waals surface area contributed by atoms with Crippen LogP contribution >= 0.6 is 11.8 Å². The van der Waals surface area contributed by atoms with Crippen LogP contribution in [0.15, 0.2) is 59.0 Å². The van der Waals surface area contributed by atoms with Crippen LogP contribution in [0.4, 0.5) is 0 Å². The number of rotatable bonds is 4. The highest BCUT2D eigenvalue weighted by atomic mass is 32.2. The van der Waals surface area contributed by atoms with Crippen molar-refractivity contribution in [1.29, 1.82) is 0 Å². The Morgan fingerprint density at radius 3 is 2.62 bits per heavy atom. The van der Waals surface area contributed by atoms with E-state index >= 15 is 0 Å². The molecule has 1 aromatic rings. The van der Waals surface area contributed by atoms with Crippen molar-refractivity contribution in [2.24, 2.45) is 0 Å². The first-order valence-electron chi connectivity index (χ1n) is 3.95. The Bertz CT molecular complexity index is 290. The summed E-state index contributed by atoms with van der Waals surface area (Å²) in [5.74, 6) is 0.786. The first kappa shape index (κ1) is 9.93. The van der Waals surface area contributed by atoms with Gasteiger partial charge in [0.05, 0.1) is 7.11 Å². The minimum Gasteiger partial charge on any atom is -0.496 e. The molecule has 0 amide bonds. The fourth-order valence-corrected chi connectivity index (χ4v) is 1.56. The van der Waals surface area contributed by atoms with Crippen LogP contribution in [-0.4, -0.2) is 7.11 Å². The van der Waals surface area contributed by atoms with Crippen LogP contribution in [-0.2, 0) is 4.74 Å². The van der Waals surface area contributed by atoms with Gasteiger partial charge in [-0.05, 0) is 18.2 Å². The predicted molar refractivity (Wildman–Crippen MR) is 57.6 cm³/mol. The third-order valence-electron chi connectivity index (χ3n) is 1.49. The van der Waals surface area contributed by atoms with Crippen molar-refractivity contribution in [2.75, 3.05) is 7.11 Å². The quantitative estimate of drug-likeness (QED) is 0.410. The van der Waals surface area contributed by atoms with E-state index in [4.69, 9.17) is 4.74 Å². The molecule has 0 saturated heterocycles. The average Bonchev–Trinajstić information content (AvgIpc) is 2.21. The lowest BCUT2D eigenvalue weighted by molar-refractivity contribution is 0.308. The summed E-state index contributed by atoms with van der Waals surface area (Å²) >= 11 is 1.62. The first-order chi connectivity index (χ1) is 6.36. The number of methoxy groups -OCH3 is 1. The summed E-state index contributed by atoms with van der Waals surface area (Å²) in [6.45, 7) is 3.64. The predicted octanol–water partition coefficient (Wildman–Crippen LogP) is 3.45. The molecule has 0 saturated carbocycles. The monoisotopic (exact) mass is 192 g/mol. The molecule has 1 aromatic carbocycles. The lowest BCUT2D eigenvalue weighted by Gasteiger charge is -1.99. The largest absolute Gasteiger partial charge is 0.496 e. The van der Waals surface area contributed by atoms with Crippen LogP contribution in [0, 0.1) is 0 Å². The van der Waals surface area contributed by atoms with Crippen LogP contribution in [0.25, 0.3) is 0 Å². The fourth-order valence-electron chi connectivity index (χ4n) is 0.805. The number of hydrogen-bond donors (Lipinski definition) is 0. The zero-order valence-corrected chi connectivity index (χ0v) is 8.38. The molecule has 0 aliphatic heterocycles. The van der Waals surface area contributed by atoms with Crippen molar-refractivity contribution in [3.8, 4) is 0 Å². The highest BCUT2D eigenvalue weighted by Gasteiger charge is 1.90. The summed E-state index contributed by atoms with van der Waals surface area (Å²) in [7, 11) is 1.64. The number of hydrogen-bond acceptors (Lipinski definition) is 2. The molecule has 0 spiro atoms. The Kier molecular flexibility index (Phi) is 4.19. The van der Waals surface area contributed by atoms with Crippen LogP contribution < -0.4 is 0 Å². The topological polar surface area (TPSA) is 9.23 Å². The van der Waals surface area contributed by atoms with Gasteiger partial charge in [0.2, 0.25) is 0 Å². The second-order valence-electron chi connectivity index (χ2n) is 2.36. The minimum absolute atomic E-state index is 0.786. The number of benzene rings is 1. The average molecular weight is 192 g/mol. The molecule has 68 valence electrons. The minimum atomic E-state index is 0.786. The molecule has 13 heavy (non-hydrogen) atoms. The van der Waals surface area contributed by atoms with Crippen LogP contribution in [0.5, 0.6) is 0 Å². The van der Waals surface area contributed by atoms with E-state index in [0.29, 0.717) is 0 Å². The summed E-state index contributed by atoms with van der Waals surface area (Å²) in [6.07, 6.45) is 1.69. The lowest BCUT2D eigenvalue weighted by Crippen LogP contribution is -1.78. The van der Waals surface area contributed by atoms with Crippen LogP contribution in [0.3, 0.4) is 0 Å². The molecule has 0 bridgehead atoms. The van der Waals surface area contributed by atoms with Gasteiger partial charge in [-0.15, -0.1) is 0 Å². The molecule has 0 aliphatic carbocycles. The maximum Gasteiger partial charge on any atom is 0.124 e. The Morgan fingerprint density at radius 1 is 1.38 bits per heavy atom. The molecule has 0 N–H and O–H groups in total. The van der Waals surface area contributed by atoms with Gasteiger partial charge >= 0.3 is 0 Å². The van der Waals surface area contributed by atoms with Crippen molar-refractivity contribution in [1.82, 2.24) is 0 Å². The van der Waals surface area contributed by atoms with Crippen molar-refractivity contribution in [3.05, 3.63) is 54.2 Å². The van der Waals surface area contributed by atoms with Gasteiger partial charge in [0.15, 0.2) is 0 Å². The van der Waals surface area contributed by atoms with Gasteiger partial charge in [-0.2, -0.15) is 0 Å². The van der Waals surface area contributed by atoms with E-state index in [1.807, 2.05) is 23.6 Å². The van der Waals surface area contributed by atoms with E-state index < -0.39 is 0 Å². The Morgan fingerprint density at radius 2 is 2.08 bits per heavy atom. The second-order valence-corrected chi connectivity index (χ2v) is 3.30. The summed E-state index contributed by atoms with van der Waals surface area (Å²) in [5, 5.41) is 1.93. The molecule has 0 radical (unpaired) electrons. The van der Waals surface area contributed by atoms with Gasteiger partial charge < -0.3 is 4.74 Å². The molecular formula is C11H12OS. The zero-order valence-electron chi connectivity index (χ0n) is 7.57. The Hall–Kier alpha value is -1.15. The van der Waals surface area contributed by atoms with Gasteiger partial charge in [-0.1, -0.05) is 36.5 Å². The molecule has 2 heteroatoms. The molecule has 0 aliphatic rings. The number of ether oxygens (including phenoxy) is 1. The molecule has 0 heterocycles. The maximum absolute atomic E-state index is 5.04. The summed E-state index contributed by atoms with van der Waals surface area (Å²) < 4.78 is 5.04. The van der Waals surface area contributed by atoms with Crippen molar-refractivity contribution in [2.45, 2.75) is 4.90 Å². The highest BCUT2D eigenvalue weighted by molar-refractivity contribution is 8.02. The summed E-state index contributed by atoms with van der Waals surface area (Å²) in [6, 6.07) is 10.1. The number of allylic oxidation sites excluding steroid dienone is 1. The van der Waals surface area contributed by atoms with Crippen LogP contribution in [0.2, 0.25) is 0 Å². The Balaban J connectivity index is 2.60. The fraction of sp³-hybridized carbons (Fsp3) is 0.0909. The van der Waals surface area contributed by atoms with Crippen LogP contribution in [0.1, 0.15) is 0 Å². The molecule has 0 fully saturated rings. The molecule has 0 unspecified atom stereocenters. The van der Waals surface area contributed by atoms with Gasteiger partial charge in [0, 0.05) is 10.3 Å². The molecular weight excluding hydrogens is 180 g/mol. The van der Waals surface area contributed by atoms with Gasteiger partial charge in [-0.3, -0.25) is 0 Å². The van der Waals surface area contributed by atoms with E-state index in [-0.39, 0.29) is 0 Å². The van der Waals surface area contributed by atoms with Crippen molar-refractivity contribution < 1.29 is 4.74 Å².